The van der Waals surface area contributed by atoms with Gasteiger partial charge in [-0.2, -0.15) is 0 Å². The summed E-state index contributed by atoms with van der Waals surface area (Å²) in [4.78, 5) is 21.9. The molecular formula is C24H28N4O2S. The third-order valence-electron chi connectivity index (χ3n) is 5.58. The minimum atomic E-state index is -0.123. The number of aromatic nitrogens is 1. The van der Waals surface area contributed by atoms with Crippen LogP contribution in [0.3, 0.4) is 0 Å². The van der Waals surface area contributed by atoms with Crippen LogP contribution >= 0.6 is 11.3 Å². The summed E-state index contributed by atoms with van der Waals surface area (Å²) >= 11 is 1.55. The zero-order chi connectivity index (χ0) is 21.6. The van der Waals surface area contributed by atoms with Crippen LogP contribution in [-0.4, -0.2) is 49.1 Å². The molecule has 4 rings (SSSR count). The van der Waals surface area contributed by atoms with Crippen molar-refractivity contribution in [2.24, 2.45) is 0 Å². The third kappa shape index (κ3) is 5.42. The van der Waals surface area contributed by atoms with Crippen LogP contribution in [0.25, 0.3) is 0 Å². The topological polar surface area (TPSA) is 57.7 Å². The Morgan fingerprint density at radius 3 is 2.65 bits per heavy atom. The number of anilines is 1. The average Bonchev–Trinajstić information content (AvgIpc) is 3.29. The van der Waals surface area contributed by atoms with E-state index in [0.717, 1.165) is 49.0 Å². The highest BCUT2D eigenvalue weighted by Gasteiger charge is 2.20. The van der Waals surface area contributed by atoms with Crippen molar-refractivity contribution in [3.8, 4) is 5.75 Å². The zero-order valence-electron chi connectivity index (χ0n) is 18.0. The fraction of sp³-hybridized carbons (Fsp3) is 0.333. The van der Waals surface area contributed by atoms with Crippen LogP contribution in [0.2, 0.25) is 0 Å². The quantitative estimate of drug-likeness (QED) is 0.607. The van der Waals surface area contributed by atoms with Crippen molar-refractivity contribution in [1.82, 2.24) is 15.2 Å². The molecule has 1 N–H and O–H groups in total. The maximum atomic E-state index is 12.6. The lowest BCUT2D eigenvalue weighted by molar-refractivity contribution is 0.0935. The number of thiazole rings is 1. The number of hydrogen-bond acceptors (Lipinski definition) is 6. The normalized spacial score (nSPS) is 15.5. The van der Waals surface area contributed by atoms with E-state index in [0.29, 0.717) is 5.69 Å². The number of hydrogen-bond donors (Lipinski definition) is 1. The van der Waals surface area contributed by atoms with Gasteiger partial charge in [0.25, 0.3) is 5.91 Å². The molecule has 2 heterocycles. The van der Waals surface area contributed by atoms with Gasteiger partial charge in [-0.15, -0.1) is 11.3 Å². The van der Waals surface area contributed by atoms with Crippen molar-refractivity contribution in [3.63, 3.8) is 0 Å². The molecule has 7 heteroatoms. The van der Waals surface area contributed by atoms with Crippen LogP contribution in [0.4, 0.5) is 5.69 Å². The second-order valence-corrected chi connectivity index (χ2v) is 8.64. The van der Waals surface area contributed by atoms with Crippen LogP contribution in [-0.2, 0) is 6.54 Å². The van der Waals surface area contributed by atoms with E-state index in [-0.39, 0.29) is 11.9 Å². The van der Waals surface area contributed by atoms with Gasteiger partial charge in [0, 0.05) is 43.3 Å². The molecule has 1 aliphatic rings. The van der Waals surface area contributed by atoms with Crippen LogP contribution in [0, 0.1) is 0 Å². The molecular weight excluding hydrogens is 408 g/mol. The van der Waals surface area contributed by atoms with Crippen LogP contribution < -0.4 is 15.0 Å². The lowest BCUT2D eigenvalue weighted by Crippen LogP contribution is -2.45. The first-order valence-corrected chi connectivity index (χ1v) is 11.4. The molecule has 3 aromatic rings. The average molecular weight is 437 g/mol. The number of amides is 1. The Labute approximate surface area is 187 Å². The first-order chi connectivity index (χ1) is 15.1. The molecule has 1 aromatic heterocycles. The second-order valence-electron chi connectivity index (χ2n) is 7.70. The maximum Gasteiger partial charge on any atom is 0.271 e. The molecule has 31 heavy (non-hydrogen) atoms. The predicted octanol–water partition coefficient (Wildman–Crippen LogP) is 3.96. The van der Waals surface area contributed by atoms with E-state index >= 15 is 0 Å². The van der Waals surface area contributed by atoms with Crippen LogP contribution in [0.1, 0.15) is 34.0 Å². The fourth-order valence-electron chi connectivity index (χ4n) is 3.75. The lowest BCUT2D eigenvalue weighted by Gasteiger charge is -2.35. The van der Waals surface area contributed by atoms with Crippen molar-refractivity contribution >= 4 is 22.9 Å². The summed E-state index contributed by atoms with van der Waals surface area (Å²) in [5, 5.41) is 5.87. The summed E-state index contributed by atoms with van der Waals surface area (Å²) in [7, 11) is 1.70. The minimum Gasteiger partial charge on any atom is -0.497 e. The van der Waals surface area contributed by atoms with Gasteiger partial charge >= 0.3 is 0 Å². The Kier molecular flexibility index (Phi) is 6.84. The van der Waals surface area contributed by atoms with Gasteiger partial charge in [0.15, 0.2) is 0 Å². The molecule has 1 amide bonds. The number of ether oxygens (including phenoxy) is 1. The number of nitrogens with zero attached hydrogens (tertiary/aromatic N) is 3. The van der Waals surface area contributed by atoms with Gasteiger partial charge in [0.1, 0.15) is 16.5 Å². The van der Waals surface area contributed by atoms with Gasteiger partial charge in [-0.25, -0.2) is 4.98 Å². The number of methoxy groups -OCH3 is 1. The monoisotopic (exact) mass is 436 g/mol. The molecule has 0 unspecified atom stereocenters. The van der Waals surface area contributed by atoms with E-state index in [9.17, 15) is 4.79 Å². The highest BCUT2D eigenvalue weighted by Crippen LogP contribution is 2.23. The first-order valence-electron chi connectivity index (χ1n) is 10.5. The smallest absolute Gasteiger partial charge is 0.271 e. The summed E-state index contributed by atoms with van der Waals surface area (Å²) in [5.41, 5.74) is 2.78. The van der Waals surface area contributed by atoms with Gasteiger partial charge in [-0.3, -0.25) is 9.69 Å². The standard InChI is InChI=1S/C24H28N4O2S/c1-18(19-7-4-3-5-8-19)25-24(29)22-17-31-23(26-22)16-27-11-13-28(14-12-27)20-9-6-10-21(15-20)30-2/h3-10,15,17-18H,11-14,16H2,1-2H3,(H,25,29)/t18-/m0/s1. The van der Waals surface area contributed by atoms with Crippen molar-refractivity contribution < 1.29 is 9.53 Å². The Hall–Kier alpha value is -2.90. The predicted molar refractivity (Wildman–Crippen MR) is 125 cm³/mol. The number of carbonyl (C=O) groups excluding carboxylic acids is 1. The second kappa shape index (κ2) is 9.94. The van der Waals surface area contributed by atoms with E-state index in [1.54, 1.807) is 18.4 Å². The highest BCUT2D eigenvalue weighted by atomic mass is 32.1. The number of benzene rings is 2. The lowest BCUT2D eigenvalue weighted by atomic mass is 10.1. The molecule has 0 spiro atoms. The van der Waals surface area contributed by atoms with Crippen molar-refractivity contribution in [2.75, 3.05) is 38.2 Å². The van der Waals surface area contributed by atoms with E-state index < -0.39 is 0 Å². The molecule has 2 aromatic carbocycles. The summed E-state index contributed by atoms with van der Waals surface area (Å²) in [6.07, 6.45) is 0. The Balaban J connectivity index is 1.29. The molecule has 1 fully saturated rings. The van der Waals surface area contributed by atoms with E-state index in [2.05, 4.69) is 32.2 Å². The summed E-state index contributed by atoms with van der Waals surface area (Å²) in [6.45, 7) is 6.61. The SMILES string of the molecule is COc1cccc(N2CCN(Cc3nc(C(=O)N[C@@H](C)c4ccccc4)cs3)CC2)c1. The van der Waals surface area contributed by atoms with E-state index in [4.69, 9.17) is 4.74 Å². The Morgan fingerprint density at radius 1 is 1.13 bits per heavy atom. The van der Waals surface area contributed by atoms with E-state index in [1.165, 1.54) is 5.69 Å². The molecule has 0 saturated carbocycles. The number of rotatable bonds is 7. The maximum absolute atomic E-state index is 12.6. The number of piperazine rings is 1. The molecule has 1 aliphatic heterocycles. The van der Waals surface area contributed by atoms with Crippen molar-refractivity contribution in [3.05, 3.63) is 76.2 Å². The molecule has 0 bridgehead atoms. The Bertz CT molecular complexity index is 1000. The largest absolute Gasteiger partial charge is 0.497 e. The highest BCUT2D eigenvalue weighted by molar-refractivity contribution is 7.09. The van der Waals surface area contributed by atoms with Gasteiger partial charge in [-0.05, 0) is 24.6 Å². The summed E-state index contributed by atoms with van der Waals surface area (Å²) < 4.78 is 5.34. The van der Waals surface area contributed by atoms with Gasteiger partial charge in [0.2, 0.25) is 0 Å². The molecule has 6 nitrogen and oxygen atoms in total. The van der Waals surface area contributed by atoms with Crippen molar-refractivity contribution in [2.45, 2.75) is 19.5 Å². The van der Waals surface area contributed by atoms with E-state index in [1.807, 2.05) is 54.8 Å². The fourth-order valence-corrected chi connectivity index (χ4v) is 4.56. The molecule has 162 valence electrons. The first kappa shape index (κ1) is 21.3. The molecule has 1 atom stereocenters. The number of nitrogens with one attached hydrogen (secondary N) is 1. The zero-order valence-corrected chi connectivity index (χ0v) is 18.8. The minimum absolute atomic E-state index is 0.0523. The molecule has 0 radical (unpaired) electrons. The third-order valence-corrected chi connectivity index (χ3v) is 6.41. The van der Waals surface area contributed by atoms with Crippen molar-refractivity contribution in [1.29, 1.82) is 0 Å². The Morgan fingerprint density at radius 2 is 1.90 bits per heavy atom. The summed E-state index contributed by atoms with van der Waals surface area (Å²) in [5.74, 6) is 0.761. The van der Waals surface area contributed by atoms with Crippen LogP contribution in [0.15, 0.2) is 60.0 Å². The van der Waals surface area contributed by atoms with Gasteiger partial charge in [-0.1, -0.05) is 36.4 Å². The van der Waals surface area contributed by atoms with Gasteiger partial charge in [0.05, 0.1) is 19.7 Å². The molecule has 1 saturated heterocycles. The summed E-state index contributed by atoms with van der Waals surface area (Å²) in [6, 6.07) is 18.1. The number of carbonyl (C=O) groups is 1. The van der Waals surface area contributed by atoms with Crippen LogP contribution in [0.5, 0.6) is 5.75 Å². The molecule has 0 aliphatic carbocycles. The van der Waals surface area contributed by atoms with Gasteiger partial charge < -0.3 is 15.0 Å².